The minimum atomic E-state index is -0.127. The molecule has 0 atom stereocenters. The van der Waals surface area contributed by atoms with Gasteiger partial charge in [0.15, 0.2) is 0 Å². The zero-order chi connectivity index (χ0) is 14.9. The fraction of sp³-hybridized carbons (Fsp3) is 0.286. The molecule has 0 unspecified atom stereocenters. The summed E-state index contributed by atoms with van der Waals surface area (Å²) >= 11 is 15.3. The van der Waals surface area contributed by atoms with Gasteiger partial charge in [0, 0.05) is 17.2 Å². The molecule has 106 valence electrons. The molecule has 0 saturated carbocycles. The first-order valence-corrected chi connectivity index (χ1v) is 7.58. The van der Waals surface area contributed by atoms with E-state index in [1.165, 1.54) is 0 Å². The third-order valence-corrected chi connectivity index (χ3v) is 3.70. The average Bonchev–Trinajstić information content (AvgIpc) is 2.32. The number of hydrogen-bond donors (Lipinski definition) is 1. The molecule has 3 nitrogen and oxygen atoms in total. The van der Waals surface area contributed by atoms with Crippen molar-refractivity contribution in [3.63, 3.8) is 0 Å². The summed E-state index contributed by atoms with van der Waals surface area (Å²) in [6, 6.07) is 7.17. The molecule has 0 aliphatic rings. The van der Waals surface area contributed by atoms with E-state index < -0.39 is 0 Å². The molecular weight excluding hydrogens is 361 g/mol. The number of halogens is 3. The Kier molecular flexibility index (Phi) is 4.57. The van der Waals surface area contributed by atoms with Gasteiger partial charge in [-0.1, -0.05) is 44.0 Å². The summed E-state index contributed by atoms with van der Waals surface area (Å²) in [7, 11) is 0. The third-order valence-electron chi connectivity index (χ3n) is 2.56. The number of nitrogens with zero attached hydrogens (tertiary/aromatic N) is 2. The van der Waals surface area contributed by atoms with Crippen molar-refractivity contribution in [2.24, 2.45) is 0 Å². The molecule has 0 amide bonds. The SMILES string of the molecule is CC(C)(C)c1nc(Br)cc(Nc2ccc(Cl)c(Cl)c2)n1. The Balaban J connectivity index is 2.33. The Bertz CT molecular complexity index is 639. The first-order valence-electron chi connectivity index (χ1n) is 6.03. The summed E-state index contributed by atoms with van der Waals surface area (Å²) < 4.78 is 0.736. The second-order valence-electron chi connectivity index (χ2n) is 5.40. The molecule has 0 radical (unpaired) electrons. The molecule has 2 aromatic rings. The lowest BCUT2D eigenvalue weighted by Crippen LogP contribution is -2.16. The number of benzene rings is 1. The lowest BCUT2D eigenvalue weighted by Gasteiger charge is -2.18. The lowest BCUT2D eigenvalue weighted by atomic mass is 9.96. The van der Waals surface area contributed by atoms with Crippen LogP contribution in [0.1, 0.15) is 26.6 Å². The zero-order valence-electron chi connectivity index (χ0n) is 11.3. The molecule has 0 aliphatic heterocycles. The molecule has 0 bridgehead atoms. The number of nitrogens with one attached hydrogen (secondary N) is 1. The Labute approximate surface area is 136 Å². The maximum atomic E-state index is 6.00. The van der Waals surface area contributed by atoms with Crippen LogP contribution in [-0.4, -0.2) is 9.97 Å². The maximum Gasteiger partial charge on any atom is 0.137 e. The van der Waals surface area contributed by atoms with Gasteiger partial charge < -0.3 is 5.32 Å². The Morgan fingerprint density at radius 1 is 1.05 bits per heavy atom. The molecule has 2 rings (SSSR count). The van der Waals surface area contributed by atoms with E-state index in [1.54, 1.807) is 12.1 Å². The Morgan fingerprint density at radius 3 is 2.35 bits per heavy atom. The van der Waals surface area contributed by atoms with Gasteiger partial charge in [-0.15, -0.1) is 0 Å². The van der Waals surface area contributed by atoms with Crippen molar-refractivity contribution in [2.75, 3.05) is 5.32 Å². The highest BCUT2D eigenvalue weighted by Gasteiger charge is 2.18. The molecule has 0 fully saturated rings. The normalized spacial score (nSPS) is 11.5. The van der Waals surface area contributed by atoms with Gasteiger partial charge in [-0.05, 0) is 34.1 Å². The second kappa shape index (κ2) is 5.88. The quantitative estimate of drug-likeness (QED) is 0.696. The van der Waals surface area contributed by atoms with E-state index in [0.29, 0.717) is 15.9 Å². The molecular formula is C14H14BrCl2N3. The fourth-order valence-corrected chi connectivity index (χ4v) is 2.22. The first-order chi connectivity index (χ1) is 9.25. The van der Waals surface area contributed by atoms with Gasteiger partial charge in [0.1, 0.15) is 16.2 Å². The number of anilines is 2. The summed E-state index contributed by atoms with van der Waals surface area (Å²) in [6.45, 7) is 6.20. The van der Waals surface area contributed by atoms with E-state index in [4.69, 9.17) is 23.2 Å². The summed E-state index contributed by atoms with van der Waals surface area (Å²) in [5.41, 5.74) is 0.697. The van der Waals surface area contributed by atoms with Crippen molar-refractivity contribution < 1.29 is 0 Å². The van der Waals surface area contributed by atoms with E-state index in [2.05, 4.69) is 52.0 Å². The van der Waals surface area contributed by atoms with Crippen molar-refractivity contribution >= 4 is 50.6 Å². The summed E-state index contributed by atoms with van der Waals surface area (Å²) in [5, 5.41) is 4.23. The molecule has 6 heteroatoms. The maximum absolute atomic E-state index is 6.00. The predicted molar refractivity (Wildman–Crippen MR) is 88.2 cm³/mol. The molecule has 1 N–H and O–H groups in total. The fourth-order valence-electron chi connectivity index (χ4n) is 1.54. The van der Waals surface area contributed by atoms with E-state index >= 15 is 0 Å². The van der Waals surface area contributed by atoms with Crippen molar-refractivity contribution in [1.82, 2.24) is 9.97 Å². The van der Waals surface area contributed by atoms with Crippen molar-refractivity contribution in [3.8, 4) is 0 Å². The predicted octanol–water partition coefficient (Wildman–Crippen LogP) is 5.59. The van der Waals surface area contributed by atoms with E-state index in [9.17, 15) is 0 Å². The van der Waals surface area contributed by atoms with Gasteiger partial charge in [0.2, 0.25) is 0 Å². The largest absolute Gasteiger partial charge is 0.340 e. The minimum Gasteiger partial charge on any atom is -0.340 e. The van der Waals surface area contributed by atoms with E-state index in [0.717, 1.165) is 16.1 Å². The smallest absolute Gasteiger partial charge is 0.137 e. The van der Waals surface area contributed by atoms with Crippen LogP contribution >= 0.6 is 39.1 Å². The number of aromatic nitrogens is 2. The van der Waals surface area contributed by atoms with Crippen molar-refractivity contribution in [3.05, 3.63) is 44.7 Å². The molecule has 1 heterocycles. The lowest BCUT2D eigenvalue weighted by molar-refractivity contribution is 0.544. The van der Waals surface area contributed by atoms with Crippen LogP contribution in [0, 0.1) is 0 Å². The highest BCUT2D eigenvalue weighted by Crippen LogP contribution is 2.28. The summed E-state index contributed by atoms with van der Waals surface area (Å²) in [6.07, 6.45) is 0. The van der Waals surface area contributed by atoms with Gasteiger partial charge in [-0.2, -0.15) is 0 Å². The second-order valence-corrected chi connectivity index (χ2v) is 7.03. The molecule has 0 saturated heterocycles. The van der Waals surface area contributed by atoms with E-state index in [-0.39, 0.29) is 5.41 Å². The van der Waals surface area contributed by atoms with Crippen molar-refractivity contribution in [1.29, 1.82) is 0 Å². The van der Waals surface area contributed by atoms with Crippen LogP contribution in [0.4, 0.5) is 11.5 Å². The molecule has 1 aromatic heterocycles. The standard InChI is InChI=1S/C14H14BrCl2N3/c1-14(2,3)13-19-11(15)7-12(20-13)18-8-4-5-9(16)10(17)6-8/h4-7H,1-3H3,(H,18,19,20). The third kappa shape index (κ3) is 3.84. The average molecular weight is 375 g/mol. The van der Waals surface area contributed by atoms with Crippen LogP contribution in [0.5, 0.6) is 0 Å². The molecule has 0 aliphatic carbocycles. The van der Waals surface area contributed by atoms with Crippen LogP contribution in [0.3, 0.4) is 0 Å². The van der Waals surface area contributed by atoms with Gasteiger partial charge in [0.05, 0.1) is 10.0 Å². The Morgan fingerprint density at radius 2 is 1.75 bits per heavy atom. The van der Waals surface area contributed by atoms with Crippen LogP contribution in [0.2, 0.25) is 10.0 Å². The Hall–Kier alpha value is -0.840. The summed E-state index contributed by atoms with van der Waals surface area (Å²) in [5.74, 6) is 1.46. The van der Waals surface area contributed by atoms with Crippen LogP contribution in [0.15, 0.2) is 28.9 Å². The summed E-state index contributed by atoms with van der Waals surface area (Å²) in [4.78, 5) is 8.92. The van der Waals surface area contributed by atoms with E-state index in [1.807, 2.05) is 12.1 Å². The topological polar surface area (TPSA) is 37.8 Å². The van der Waals surface area contributed by atoms with Gasteiger partial charge in [-0.25, -0.2) is 9.97 Å². The van der Waals surface area contributed by atoms with Crippen LogP contribution in [-0.2, 0) is 5.41 Å². The minimum absolute atomic E-state index is 0.127. The van der Waals surface area contributed by atoms with Gasteiger partial charge in [0.25, 0.3) is 0 Å². The molecule has 1 aromatic carbocycles. The van der Waals surface area contributed by atoms with Crippen molar-refractivity contribution in [2.45, 2.75) is 26.2 Å². The van der Waals surface area contributed by atoms with Crippen LogP contribution in [0.25, 0.3) is 0 Å². The monoisotopic (exact) mass is 373 g/mol. The molecule has 20 heavy (non-hydrogen) atoms. The first kappa shape index (κ1) is 15.5. The highest BCUT2D eigenvalue weighted by molar-refractivity contribution is 9.10. The zero-order valence-corrected chi connectivity index (χ0v) is 14.4. The van der Waals surface area contributed by atoms with Gasteiger partial charge in [-0.3, -0.25) is 0 Å². The number of hydrogen-bond acceptors (Lipinski definition) is 3. The van der Waals surface area contributed by atoms with Gasteiger partial charge >= 0.3 is 0 Å². The number of rotatable bonds is 2. The van der Waals surface area contributed by atoms with Crippen LogP contribution < -0.4 is 5.32 Å². The molecule has 0 spiro atoms. The highest BCUT2D eigenvalue weighted by atomic mass is 79.9.